The van der Waals surface area contributed by atoms with E-state index in [4.69, 9.17) is 9.72 Å². The highest BCUT2D eigenvalue weighted by Gasteiger charge is 2.23. The van der Waals surface area contributed by atoms with Crippen molar-refractivity contribution >= 4 is 13.8 Å². The number of nitrogens with zero attached hydrogens (tertiary/aromatic N) is 4. The zero-order valence-corrected chi connectivity index (χ0v) is 20.6. The lowest BCUT2D eigenvalue weighted by atomic mass is 10.1. The van der Waals surface area contributed by atoms with Crippen molar-refractivity contribution in [2.45, 2.75) is 32.4 Å². The summed E-state index contributed by atoms with van der Waals surface area (Å²) in [4.78, 5) is 20.3. The van der Waals surface area contributed by atoms with Gasteiger partial charge in [-0.25, -0.2) is 4.98 Å². The molecule has 4 aromatic rings. The van der Waals surface area contributed by atoms with E-state index in [9.17, 15) is 10.1 Å². The maximum absolute atomic E-state index is 11.5. The summed E-state index contributed by atoms with van der Waals surface area (Å²) in [7, 11) is -1.25. The normalized spacial score (nSPS) is 11.5. The summed E-state index contributed by atoms with van der Waals surface area (Å²) >= 11 is 0. The van der Waals surface area contributed by atoms with Crippen molar-refractivity contribution in [3.8, 4) is 33.9 Å². The molecule has 2 heterocycles. The lowest BCUT2D eigenvalue weighted by Gasteiger charge is -2.17. The zero-order valence-electron chi connectivity index (χ0n) is 19.6. The van der Waals surface area contributed by atoms with Crippen LogP contribution < -0.4 is 0 Å². The van der Waals surface area contributed by atoms with Gasteiger partial charge < -0.3 is 4.74 Å². The molecule has 174 valence electrons. The quantitative estimate of drug-likeness (QED) is 0.120. The molecule has 34 heavy (non-hydrogen) atoms. The van der Waals surface area contributed by atoms with Crippen molar-refractivity contribution in [1.82, 2.24) is 14.5 Å². The number of nitro groups is 1. The number of non-ortho nitro benzene ring substituents is 1. The van der Waals surface area contributed by atoms with E-state index in [1.807, 2.05) is 53.1 Å². The molecule has 0 N–H and O–H groups in total. The van der Waals surface area contributed by atoms with Crippen LogP contribution in [0.15, 0.2) is 79.1 Å². The van der Waals surface area contributed by atoms with Gasteiger partial charge in [0.05, 0.1) is 16.3 Å². The maximum Gasteiger partial charge on any atom is 0.270 e. The molecular formula is C26H28N4O3Si. The van der Waals surface area contributed by atoms with Gasteiger partial charge in [0.25, 0.3) is 5.69 Å². The van der Waals surface area contributed by atoms with Crippen LogP contribution in [-0.2, 0) is 11.5 Å². The van der Waals surface area contributed by atoms with Crippen molar-refractivity contribution in [3.63, 3.8) is 0 Å². The van der Waals surface area contributed by atoms with Gasteiger partial charge in [-0.2, -0.15) is 0 Å². The van der Waals surface area contributed by atoms with Gasteiger partial charge in [-0.1, -0.05) is 62.1 Å². The van der Waals surface area contributed by atoms with E-state index in [1.165, 1.54) is 6.07 Å². The average molecular weight is 473 g/mol. The number of hydrogen-bond donors (Lipinski definition) is 0. The van der Waals surface area contributed by atoms with E-state index in [1.54, 1.807) is 24.5 Å². The molecule has 2 aromatic carbocycles. The molecule has 0 unspecified atom stereocenters. The molecular weight excluding hydrogens is 444 g/mol. The fourth-order valence-corrected chi connectivity index (χ4v) is 4.45. The highest BCUT2D eigenvalue weighted by Crippen LogP contribution is 2.37. The lowest BCUT2D eigenvalue weighted by Crippen LogP contribution is -2.22. The van der Waals surface area contributed by atoms with Gasteiger partial charge in [-0.05, 0) is 18.2 Å². The highest BCUT2D eigenvalue weighted by atomic mass is 28.3. The van der Waals surface area contributed by atoms with Crippen LogP contribution in [0.3, 0.4) is 0 Å². The van der Waals surface area contributed by atoms with Gasteiger partial charge in [-0.3, -0.25) is 19.7 Å². The van der Waals surface area contributed by atoms with Crippen LogP contribution in [-0.4, -0.2) is 34.1 Å². The number of aromatic nitrogens is 3. The van der Waals surface area contributed by atoms with Gasteiger partial charge in [0, 0.05) is 55.9 Å². The number of rotatable bonds is 9. The molecule has 0 fully saturated rings. The van der Waals surface area contributed by atoms with Crippen molar-refractivity contribution in [3.05, 3.63) is 89.2 Å². The lowest BCUT2D eigenvalue weighted by molar-refractivity contribution is -0.384. The summed E-state index contributed by atoms with van der Waals surface area (Å²) in [6, 6.07) is 21.4. The van der Waals surface area contributed by atoms with Crippen molar-refractivity contribution in [2.75, 3.05) is 6.61 Å². The molecule has 0 saturated heterocycles. The Kier molecular flexibility index (Phi) is 7.00. The first-order valence-electron chi connectivity index (χ1n) is 11.2. The Labute approximate surface area is 200 Å². The topological polar surface area (TPSA) is 83.1 Å². The Morgan fingerprint density at radius 1 is 0.941 bits per heavy atom. The number of pyridine rings is 1. The third-order valence-corrected chi connectivity index (χ3v) is 7.20. The summed E-state index contributed by atoms with van der Waals surface area (Å²) in [5.41, 5.74) is 4.09. The summed E-state index contributed by atoms with van der Waals surface area (Å²) in [5.74, 6) is 0.752. The summed E-state index contributed by atoms with van der Waals surface area (Å²) < 4.78 is 8.18. The number of imidazole rings is 1. The fourth-order valence-electron chi connectivity index (χ4n) is 3.69. The minimum Gasteiger partial charge on any atom is -0.361 e. The van der Waals surface area contributed by atoms with Gasteiger partial charge in [0.15, 0.2) is 0 Å². The Balaban J connectivity index is 1.89. The largest absolute Gasteiger partial charge is 0.361 e. The molecule has 0 aliphatic carbocycles. The molecule has 0 radical (unpaired) electrons. The highest BCUT2D eigenvalue weighted by molar-refractivity contribution is 6.76. The molecule has 0 spiro atoms. The Morgan fingerprint density at radius 3 is 2.32 bits per heavy atom. The second-order valence-electron chi connectivity index (χ2n) is 9.32. The summed E-state index contributed by atoms with van der Waals surface area (Å²) in [6.07, 6.45) is 3.44. The first kappa shape index (κ1) is 23.5. The molecule has 0 bridgehead atoms. The smallest absolute Gasteiger partial charge is 0.270 e. The second kappa shape index (κ2) is 10.1. The third-order valence-electron chi connectivity index (χ3n) is 5.50. The number of nitro benzene ring substituents is 1. The van der Waals surface area contributed by atoms with E-state index in [0.29, 0.717) is 18.9 Å². The van der Waals surface area contributed by atoms with E-state index < -0.39 is 8.07 Å². The van der Waals surface area contributed by atoms with E-state index in [2.05, 4.69) is 24.6 Å². The number of ether oxygens (including phenoxy) is 1. The van der Waals surface area contributed by atoms with Crippen molar-refractivity contribution < 1.29 is 9.66 Å². The van der Waals surface area contributed by atoms with Crippen molar-refractivity contribution in [1.29, 1.82) is 0 Å². The van der Waals surface area contributed by atoms with E-state index >= 15 is 0 Å². The van der Waals surface area contributed by atoms with Crippen LogP contribution in [0.1, 0.15) is 0 Å². The van der Waals surface area contributed by atoms with Gasteiger partial charge in [0.1, 0.15) is 12.6 Å². The first-order valence-corrected chi connectivity index (χ1v) is 14.9. The van der Waals surface area contributed by atoms with Crippen molar-refractivity contribution in [2.24, 2.45) is 0 Å². The maximum atomic E-state index is 11.5. The molecule has 0 aliphatic rings. The molecule has 2 aromatic heterocycles. The van der Waals surface area contributed by atoms with Crippen LogP contribution >= 0.6 is 0 Å². The minimum atomic E-state index is -1.25. The predicted molar refractivity (Wildman–Crippen MR) is 137 cm³/mol. The first-order chi connectivity index (χ1) is 16.3. The van der Waals surface area contributed by atoms with Crippen LogP contribution in [0, 0.1) is 10.1 Å². The molecule has 0 amide bonds. The van der Waals surface area contributed by atoms with Crippen LogP contribution in [0.25, 0.3) is 33.9 Å². The predicted octanol–water partition coefficient (Wildman–Crippen LogP) is 6.50. The monoisotopic (exact) mass is 472 g/mol. The second-order valence-corrected chi connectivity index (χ2v) is 14.9. The van der Waals surface area contributed by atoms with E-state index in [-0.39, 0.29) is 10.6 Å². The Bertz CT molecular complexity index is 1270. The van der Waals surface area contributed by atoms with Crippen LogP contribution in [0.2, 0.25) is 25.7 Å². The van der Waals surface area contributed by atoms with Crippen LogP contribution in [0.4, 0.5) is 5.69 Å². The molecule has 0 saturated carbocycles. The van der Waals surface area contributed by atoms with Gasteiger partial charge >= 0.3 is 0 Å². The SMILES string of the molecule is C[Si](C)(C)CCOCn1c(-c2ccccc2)nc(-c2ccncc2)c1-c1cccc([N+](=O)[O-])c1. The number of benzene rings is 2. The van der Waals surface area contributed by atoms with E-state index in [0.717, 1.165) is 34.4 Å². The average Bonchev–Trinajstić information content (AvgIpc) is 3.22. The molecule has 0 aliphatic heterocycles. The van der Waals surface area contributed by atoms with Gasteiger partial charge in [-0.15, -0.1) is 0 Å². The molecule has 7 nitrogen and oxygen atoms in total. The fraction of sp³-hybridized carbons (Fsp3) is 0.231. The summed E-state index contributed by atoms with van der Waals surface area (Å²) in [6.45, 7) is 7.91. The molecule has 4 rings (SSSR count). The number of hydrogen-bond acceptors (Lipinski definition) is 5. The Hall–Kier alpha value is -3.62. The third kappa shape index (κ3) is 5.47. The molecule has 8 heteroatoms. The van der Waals surface area contributed by atoms with Crippen LogP contribution in [0.5, 0.6) is 0 Å². The zero-order chi connectivity index (χ0) is 24.1. The summed E-state index contributed by atoms with van der Waals surface area (Å²) in [5, 5.41) is 11.5. The van der Waals surface area contributed by atoms with Gasteiger partial charge in [0.2, 0.25) is 0 Å². The standard InChI is InChI=1S/C26H28N4O3Si/c1-34(2,3)17-16-33-19-29-25(22-10-7-11-23(18-22)30(31)32)24(20-12-14-27-15-13-20)28-26(29)21-8-5-4-6-9-21/h4-15,18H,16-17,19H2,1-3H3. The molecule has 0 atom stereocenters. The minimum absolute atomic E-state index is 0.0341. The Morgan fingerprint density at radius 2 is 1.65 bits per heavy atom.